The number of ether oxygens (including phenoxy) is 1. The Bertz CT molecular complexity index is 1440. The van der Waals surface area contributed by atoms with E-state index in [1.165, 1.54) is 11.8 Å². The first-order chi connectivity index (χ1) is 18.1. The van der Waals surface area contributed by atoms with E-state index in [1.807, 2.05) is 38.1 Å². The van der Waals surface area contributed by atoms with Gasteiger partial charge >= 0.3 is 0 Å². The summed E-state index contributed by atoms with van der Waals surface area (Å²) in [6.45, 7) is 11.0. The quantitative estimate of drug-likeness (QED) is 0.331. The fourth-order valence-electron chi connectivity index (χ4n) is 3.97. The normalized spacial score (nSPS) is 11.3. The monoisotopic (exact) mass is 514 g/mol. The SMILES string of the molecule is CCn1ncc(NC(=O)c2cccc(COc3ccc(C(C)(C)C)cc3)c2)c1C(=O)Nc1cnn(C)c1C. The predicted molar refractivity (Wildman–Crippen MR) is 148 cm³/mol. The maximum Gasteiger partial charge on any atom is 0.276 e. The zero-order valence-electron chi connectivity index (χ0n) is 22.7. The van der Waals surface area contributed by atoms with Gasteiger partial charge in [0.15, 0.2) is 0 Å². The van der Waals surface area contributed by atoms with Crippen molar-refractivity contribution in [2.24, 2.45) is 7.05 Å². The van der Waals surface area contributed by atoms with Crippen LogP contribution in [0.15, 0.2) is 60.9 Å². The Kier molecular flexibility index (Phi) is 7.66. The van der Waals surface area contributed by atoms with Crippen LogP contribution in [0.3, 0.4) is 0 Å². The molecule has 0 bridgehead atoms. The van der Waals surface area contributed by atoms with Crippen LogP contribution in [0, 0.1) is 6.92 Å². The number of benzene rings is 2. The molecule has 2 aromatic carbocycles. The molecule has 38 heavy (non-hydrogen) atoms. The lowest BCUT2D eigenvalue weighted by atomic mass is 9.87. The van der Waals surface area contributed by atoms with Crippen molar-refractivity contribution >= 4 is 23.2 Å². The fraction of sp³-hybridized carbons (Fsp3) is 0.310. The number of hydrogen-bond donors (Lipinski definition) is 2. The van der Waals surface area contributed by atoms with Crippen LogP contribution in [-0.4, -0.2) is 31.4 Å². The van der Waals surface area contributed by atoms with Crippen molar-refractivity contribution in [3.05, 3.63) is 89.0 Å². The van der Waals surface area contributed by atoms with Gasteiger partial charge < -0.3 is 15.4 Å². The van der Waals surface area contributed by atoms with E-state index < -0.39 is 0 Å². The van der Waals surface area contributed by atoms with Crippen LogP contribution in [0.4, 0.5) is 11.4 Å². The van der Waals surface area contributed by atoms with Gasteiger partial charge in [0.05, 0.1) is 29.5 Å². The summed E-state index contributed by atoms with van der Waals surface area (Å²) in [6.07, 6.45) is 3.07. The number of carbonyl (C=O) groups excluding carboxylic acids is 2. The second-order valence-electron chi connectivity index (χ2n) is 10.2. The van der Waals surface area contributed by atoms with Gasteiger partial charge in [-0.05, 0) is 54.7 Å². The van der Waals surface area contributed by atoms with E-state index in [1.54, 1.807) is 34.7 Å². The van der Waals surface area contributed by atoms with Crippen LogP contribution in [0.2, 0.25) is 0 Å². The molecule has 0 radical (unpaired) electrons. The maximum absolute atomic E-state index is 13.1. The number of anilines is 2. The molecule has 0 aliphatic rings. The fourth-order valence-corrected chi connectivity index (χ4v) is 3.97. The van der Waals surface area contributed by atoms with Gasteiger partial charge in [-0.3, -0.25) is 19.0 Å². The average Bonchev–Trinajstić information content (AvgIpc) is 3.45. The lowest BCUT2D eigenvalue weighted by molar-refractivity contribution is 0.101. The standard InChI is InChI=1S/C29H34N6O3/c1-7-35-26(28(37)32-24-16-30-34(6)19(24)2)25(17-31-35)33-27(36)21-10-8-9-20(15-21)18-38-23-13-11-22(12-14-23)29(3,4)5/h8-17H,7,18H2,1-6H3,(H,32,37)(H,33,36). The van der Waals surface area contributed by atoms with Gasteiger partial charge in [0.1, 0.15) is 18.1 Å². The summed E-state index contributed by atoms with van der Waals surface area (Å²) >= 11 is 0. The van der Waals surface area contributed by atoms with Gasteiger partial charge in [-0.25, -0.2) is 0 Å². The number of nitrogens with one attached hydrogen (secondary N) is 2. The number of amides is 2. The van der Waals surface area contributed by atoms with Crippen LogP contribution < -0.4 is 15.4 Å². The first kappa shape index (κ1) is 26.7. The van der Waals surface area contributed by atoms with Gasteiger partial charge in [0.25, 0.3) is 11.8 Å². The minimum atomic E-state index is -0.379. The summed E-state index contributed by atoms with van der Waals surface area (Å²) in [7, 11) is 1.80. The minimum absolute atomic E-state index is 0.0755. The first-order valence-corrected chi connectivity index (χ1v) is 12.6. The highest BCUT2D eigenvalue weighted by Gasteiger charge is 2.22. The summed E-state index contributed by atoms with van der Waals surface area (Å²) < 4.78 is 9.17. The summed E-state index contributed by atoms with van der Waals surface area (Å²) in [5, 5.41) is 14.1. The molecule has 4 rings (SSSR count). The van der Waals surface area contributed by atoms with Crippen LogP contribution in [0.1, 0.15) is 65.4 Å². The van der Waals surface area contributed by atoms with Gasteiger partial charge in [-0.15, -0.1) is 0 Å². The van der Waals surface area contributed by atoms with Crippen molar-refractivity contribution in [3.8, 4) is 5.75 Å². The summed E-state index contributed by atoms with van der Waals surface area (Å²) in [6, 6.07) is 15.3. The predicted octanol–water partition coefficient (Wildman–Crippen LogP) is 5.33. The number of carbonyl (C=O) groups is 2. The summed E-state index contributed by atoms with van der Waals surface area (Å²) in [5.41, 5.74) is 4.62. The second kappa shape index (κ2) is 10.9. The van der Waals surface area contributed by atoms with E-state index in [4.69, 9.17) is 4.74 Å². The van der Waals surface area contributed by atoms with Crippen molar-refractivity contribution in [1.82, 2.24) is 19.6 Å². The Morgan fingerprint density at radius 2 is 1.63 bits per heavy atom. The van der Waals surface area contributed by atoms with E-state index in [2.05, 4.69) is 53.7 Å². The molecule has 2 aromatic heterocycles. The summed E-state index contributed by atoms with van der Waals surface area (Å²) in [5.74, 6) is 0.0402. The second-order valence-corrected chi connectivity index (χ2v) is 10.2. The Hall–Kier alpha value is -4.40. The highest BCUT2D eigenvalue weighted by molar-refractivity contribution is 6.11. The Balaban J connectivity index is 1.45. The zero-order chi connectivity index (χ0) is 27.4. The van der Waals surface area contributed by atoms with Gasteiger partial charge in [-0.1, -0.05) is 45.0 Å². The van der Waals surface area contributed by atoms with Crippen LogP contribution in [-0.2, 0) is 25.6 Å². The third-order valence-electron chi connectivity index (χ3n) is 6.40. The molecule has 0 aliphatic heterocycles. The Labute approximate surface area is 222 Å². The maximum atomic E-state index is 13.1. The number of hydrogen-bond acceptors (Lipinski definition) is 5. The Morgan fingerprint density at radius 3 is 2.26 bits per heavy atom. The molecule has 0 saturated heterocycles. The number of rotatable bonds is 8. The highest BCUT2D eigenvalue weighted by Crippen LogP contribution is 2.25. The van der Waals surface area contributed by atoms with Crippen molar-refractivity contribution < 1.29 is 14.3 Å². The van der Waals surface area contributed by atoms with Gasteiger partial charge in [0.2, 0.25) is 0 Å². The molecule has 0 atom stereocenters. The van der Waals surface area contributed by atoms with E-state index in [-0.39, 0.29) is 22.9 Å². The molecule has 0 fully saturated rings. The minimum Gasteiger partial charge on any atom is -0.489 e. The van der Waals surface area contributed by atoms with Gasteiger partial charge in [-0.2, -0.15) is 10.2 Å². The van der Waals surface area contributed by atoms with E-state index in [9.17, 15) is 9.59 Å². The van der Waals surface area contributed by atoms with Crippen LogP contribution >= 0.6 is 0 Å². The molecule has 198 valence electrons. The lowest BCUT2D eigenvalue weighted by Gasteiger charge is -2.19. The van der Waals surface area contributed by atoms with Gasteiger partial charge in [0, 0.05) is 19.2 Å². The molecule has 0 spiro atoms. The first-order valence-electron chi connectivity index (χ1n) is 12.6. The van der Waals surface area contributed by atoms with Crippen molar-refractivity contribution in [3.63, 3.8) is 0 Å². The topological polar surface area (TPSA) is 103 Å². The molecule has 0 unspecified atom stereocenters. The lowest BCUT2D eigenvalue weighted by Crippen LogP contribution is -2.21. The van der Waals surface area contributed by atoms with E-state index in [0.29, 0.717) is 30.1 Å². The molecule has 0 saturated carbocycles. The average molecular weight is 515 g/mol. The molecular formula is C29H34N6O3. The molecule has 4 aromatic rings. The molecule has 9 heteroatoms. The third-order valence-corrected chi connectivity index (χ3v) is 6.40. The van der Waals surface area contributed by atoms with E-state index in [0.717, 1.165) is 17.0 Å². The zero-order valence-corrected chi connectivity index (χ0v) is 22.7. The Morgan fingerprint density at radius 1 is 0.947 bits per heavy atom. The molecule has 2 amide bonds. The molecule has 2 N–H and O–H groups in total. The van der Waals surface area contributed by atoms with E-state index >= 15 is 0 Å². The van der Waals surface area contributed by atoms with Crippen LogP contribution in [0.5, 0.6) is 5.75 Å². The molecule has 2 heterocycles. The number of nitrogens with zero attached hydrogens (tertiary/aromatic N) is 4. The smallest absolute Gasteiger partial charge is 0.276 e. The van der Waals surface area contributed by atoms with Crippen molar-refractivity contribution in [2.45, 2.75) is 53.2 Å². The number of aryl methyl sites for hydroxylation is 2. The third kappa shape index (κ3) is 5.94. The molecule has 0 aliphatic carbocycles. The highest BCUT2D eigenvalue weighted by atomic mass is 16.5. The van der Waals surface area contributed by atoms with Crippen molar-refractivity contribution in [2.75, 3.05) is 10.6 Å². The molecular weight excluding hydrogens is 480 g/mol. The summed E-state index contributed by atoms with van der Waals surface area (Å²) in [4.78, 5) is 26.3. The van der Waals surface area contributed by atoms with Crippen LogP contribution in [0.25, 0.3) is 0 Å². The largest absolute Gasteiger partial charge is 0.489 e. The molecule has 9 nitrogen and oxygen atoms in total. The van der Waals surface area contributed by atoms with Crippen molar-refractivity contribution in [1.29, 1.82) is 0 Å². The number of aromatic nitrogens is 4.